The zero-order valence-corrected chi connectivity index (χ0v) is 11.1. The van der Waals surface area contributed by atoms with E-state index >= 15 is 0 Å². The summed E-state index contributed by atoms with van der Waals surface area (Å²) in [5.74, 6) is 2.47. The SMILES string of the molecule is CNC(Cc1nnn(C)n1)C1CCCC(C)C1. The summed E-state index contributed by atoms with van der Waals surface area (Å²) < 4.78 is 0. The van der Waals surface area contributed by atoms with Crippen molar-refractivity contribution in [1.29, 1.82) is 0 Å². The summed E-state index contributed by atoms with van der Waals surface area (Å²) >= 11 is 0. The van der Waals surface area contributed by atoms with E-state index in [1.165, 1.54) is 30.5 Å². The van der Waals surface area contributed by atoms with Gasteiger partial charge in [0.15, 0.2) is 5.82 Å². The third-order valence-electron chi connectivity index (χ3n) is 3.87. The second-order valence-electron chi connectivity index (χ2n) is 5.33. The molecule has 1 aliphatic carbocycles. The molecule has 5 heteroatoms. The van der Waals surface area contributed by atoms with Crippen LogP contribution in [0.3, 0.4) is 0 Å². The van der Waals surface area contributed by atoms with Gasteiger partial charge in [-0.05, 0) is 36.9 Å². The second-order valence-corrected chi connectivity index (χ2v) is 5.33. The Morgan fingerprint density at radius 2 is 2.29 bits per heavy atom. The van der Waals surface area contributed by atoms with Crippen molar-refractivity contribution >= 4 is 0 Å². The first kappa shape index (κ1) is 12.5. The van der Waals surface area contributed by atoms with E-state index in [1.54, 1.807) is 0 Å². The lowest BCUT2D eigenvalue weighted by Gasteiger charge is -2.32. The molecule has 1 N–H and O–H groups in total. The Bertz CT molecular complexity index is 348. The number of hydrogen-bond acceptors (Lipinski definition) is 4. The van der Waals surface area contributed by atoms with Crippen LogP contribution in [0.25, 0.3) is 0 Å². The van der Waals surface area contributed by atoms with Gasteiger partial charge in [-0.15, -0.1) is 10.2 Å². The first-order valence-corrected chi connectivity index (χ1v) is 6.59. The van der Waals surface area contributed by atoms with Crippen molar-refractivity contribution in [3.05, 3.63) is 5.82 Å². The summed E-state index contributed by atoms with van der Waals surface area (Å²) in [5, 5.41) is 15.7. The van der Waals surface area contributed by atoms with Gasteiger partial charge in [-0.3, -0.25) is 0 Å². The fraction of sp³-hybridized carbons (Fsp3) is 0.917. The Hall–Kier alpha value is -0.970. The summed E-state index contributed by atoms with van der Waals surface area (Å²) in [7, 11) is 3.86. The van der Waals surface area contributed by atoms with Crippen LogP contribution >= 0.6 is 0 Å². The molecule has 1 aromatic heterocycles. The molecule has 1 saturated carbocycles. The number of aromatic nitrogens is 4. The lowest BCUT2D eigenvalue weighted by molar-refractivity contribution is 0.225. The minimum absolute atomic E-state index is 0.488. The molecule has 0 saturated heterocycles. The highest BCUT2D eigenvalue weighted by molar-refractivity contribution is 4.89. The molecule has 17 heavy (non-hydrogen) atoms. The maximum absolute atomic E-state index is 4.27. The van der Waals surface area contributed by atoms with Crippen molar-refractivity contribution in [1.82, 2.24) is 25.5 Å². The predicted octanol–water partition coefficient (Wildman–Crippen LogP) is 1.17. The van der Waals surface area contributed by atoms with E-state index < -0.39 is 0 Å². The molecule has 0 aromatic carbocycles. The first-order chi connectivity index (χ1) is 8.19. The average molecular weight is 237 g/mol. The van der Waals surface area contributed by atoms with Crippen LogP contribution < -0.4 is 5.32 Å². The van der Waals surface area contributed by atoms with Gasteiger partial charge in [0, 0.05) is 12.5 Å². The molecule has 1 heterocycles. The van der Waals surface area contributed by atoms with Crippen molar-refractivity contribution in [2.45, 2.75) is 45.1 Å². The lowest BCUT2D eigenvalue weighted by Crippen LogP contribution is -2.38. The van der Waals surface area contributed by atoms with Gasteiger partial charge in [-0.1, -0.05) is 19.8 Å². The highest BCUT2D eigenvalue weighted by Gasteiger charge is 2.26. The van der Waals surface area contributed by atoms with Crippen LogP contribution in [0.2, 0.25) is 0 Å². The molecular formula is C12H23N5. The van der Waals surface area contributed by atoms with Gasteiger partial charge in [0.1, 0.15) is 0 Å². The van der Waals surface area contributed by atoms with Gasteiger partial charge < -0.3 is 5.32 Å². The quantitative estimate of drug-likeness (QED) is 0.854. The summed E-state index contributed by atoms with van der Waals surface area (Å²) in [6.45, 7) is 2.36. The average Bonchev–Trinajstić information content (AvgIpc) is 2.72. The van der Waals surface area contributed by atoms with E-state index in [9.17, 15) is 0 Å². The fourth-order valence-corrected chi connectivity index (χ4v) is 2.95. The smallest absolute Gasteiger partial charge is 0.176 e. The number of rotatable bonds is 4. The van der Waals surface area contributed by atoms with Crippen molar-refractivity contribution in [3.8, 4) is 0 Å². The van der Waals surface area contributed by atoms with E-state index in [2.05, 4.69) is 27.7 Å². The molecule has 0 spiro atoms. The molecule has 2 rings (SSSR count). The van der Waals surface area contributed by atoms with Gasteiger partial charge in [-0.2, -0.15) is 4.80 Å². The fourth-order valence-electron chi connectivity index (χ4n) is 2.95. The molecule has 0 aliphatic heterocycles. The maximum Gasteiger partial charge on any atom is 0.176 e. The van der Waals surface area contributed by atoms with Crippen molar-refractivity contribution in [3.63, 3.8) is 0 Å². The Morgan fingerprint density at radius 3 is 2.88 bits per heavy atom. The van der Waals surface area contributed by atoms with Gasteiger partial charge in [-0.25, -0.2) is 0 Å². The van der Waals surface area contributed by atoms with Crippen LogP contribution in [0.15, 0.2) is 0 Å². The zero-order chi connectivity index (χ0) is 12.3. The number of tetrazole rings is 1. The molecule has 1 fully saturated rings. The van der Waals surface area contributed by atoms with Gasteiger partial charge >= 0.3 is 0 Å². The number of hydrogen-bond donors (Lipinski definition) is 1. The Morgan fingerprint density at radius 1 is 1.47 bits per heavy atom. The zero-order valence-electron chi connectivity index (χ0n) is 11.1. The van der Waals surface area contributed by atoms with Crippen molar-refractivity contribution < 1.29 is 0 Å². The van der Waals surface area contributed by atoms with E-state index in [1.807, 2.05) is 14.1 Å². The molecule has 3 unspecified atom stereocenters. The standard InChI is InChI=1S/C12H23N5/c1-9-5-4-6-10(7-9)11(13-2)8-12-14-16-17(3)15-12/h9-11,13H,4-8H2,1-3H3. The van der Waals surface area contributed by atoms with Crippen LogP contribution in [-0.2, 0) is 13.5 Å². The van der Waals surface area contributed by atoms with E-state index in [0.29, 0.717) is 6.04 Å². The van der Waals surface area contributed by atoms with Crippen LogP contribution in [0.4, 0.5) is 0 Å². The number of nitrogens with one attached hydrogen (secondary N) is 1. The van der Waals surface area contributed by atoms with Crippen molar-refractivity contribution in [2.75, 3.05) is 7.05 Å². The first-order valence-electron chi connectivity index (χ1n) is 6.59. The molecule has 1 aromatic rings. The minimum Gasteiger partial charge on any atom is -0.316 e. The number of likely N-dealkylation sites (N-methyl/N-ethyl adjacent to an activating group) is 1. The maximum atomic E-state index is 4.27. The summed E-state index contributed by atoms with van der Waals surface area (Å²) in [4.78, 5) is 1.53. The minimum atomic E-state index is 0.488. The molecular weight excluding hydrogens is 214 g/mol. The van der Waals surface area contributed by atoms with Gasteiger partial charge in [0.2, 0.25) is 0 Å². The molecule has 0 radical (unpaired) electrons. The Balaban J connectivity index is 1.95. The molecule has 3 atom stereocenters. The lowest BCUT2D eigenvalue weighted by atomic mass is 9.78. The van der Waals surface area contributed by atoms with Crippen LogP contribution in [0, 0.1) is 11.8 Å². The number of nitrogens with zero attached hydrogens (tertiary/aromatic N) is 4. The highest BCUT2D eigenvalue weighted by atomic mass is 15.6. The van der Waals surface area contributed by atoms with Crippen LogP contribution in [-0.4, -0.2) is 33.3 Å². The molecule has 0 amide bonds. The van der Waals surface area contributed by atoms with Crippen LogP contribution in [0.1, 0.15) is 38.4 Å². The Kier molecular flexibility index (Phi) is 4.10. The van der Waals surface area contributed by atoms with Crippen molar-refractivity contribution in [2.24, 2.45) is 18.9 Å². The predicted molar refractivity (Wildman–Crippen MR) is 66.5 cm³/mol. The van der Waals surface area contributed by atoms with E-state index in [0.717, 1.165) is 24.1 Å². The van der Waals surface area contributed by atoms with Crippen LogP contribution in [0.5, 0.6) is 0 Å². The Labute approximate surface area is 103 Å². The normalized spacial score (nSPS) is 27.0. The third-order valence-corrected chi connectivity index (χ3v) is 3.87. The summed E-state index contributed by atoms with van der Waals surface area (Å²) in [5.41, 5.74) is 0. The molecule has 1 aliphatic rings. The van der Waals surface area contributed by atoms with Gasteiger partial charge in [0.25, 0.3) is 0 Å². The summed E-state index contributed by atoms with van der Waals surface area (Å²) in [6, 6.07) is 0.488. The second kappa shape index (κ2) is 5.58. The third kappa shape index (κ3) is 3.25. The monoisotopic (exact) mass is 237 g/mol. The highest BCUT2D eigenvalue weighted by Crippen LogP contribution is 2.31. The molecule has 0 bridgehead atoms. The summed E-state index contributed by atoms with van der Waals surface area (Å²) in [6.07, 6.45) is 6.29. The van der Waals surface area contributed by atoms with E-state index in [-0.39, 0.29) is 0 Å². The largest absolute Gasteiger partial charge is 0.316 e. The number of aryl methyl sites for hydroxylation is 1. The van der Waals surface area contributed by atoms with E-state index in [4.69, 9.17) is 0 Å². The van der Waals surface area contributed by atoms with Gasteiger partial charge in [0.05, 0.1) is 7.05 Å². The molecule has 96 valence electrons. The molecule has 5 nitrogen and oxygen atoms in total. The topological polar surface area (TPSA) is 55.6 Å².